The van der Waals surface area contributed by atoms with Crippen LogP contribution in [0.25, 0.3) is 11.0 Å². The van der Waals surface area contributed by atoms with Crippen LogP contribution in [0, 0.1) is 0 Å². The number of carbonyl (C=O) groups excluding carboxylic acids is 1. The van der Waals surface area contributed by atoms with Gasteiger partial charge in [0.25, 0.3) is 0 Å². The summed E-state index contributed by atoms with van der Waals surface area (Å²) in [6.07, 6.45) is 2.18. The number of nitrogens with one attached hydrogen (secondary N) is 1. The minimum atomic E-state index is -0.211. The van der Waals surface area contributed by atoms with Gasteiger partial charge in [0.15, 0.2) is 5.66 Å². The molecule has 2 heterocycles. The first-order valence-corrected chi connectivity index (χ1v) is 7.17. The van der Waals surface area contributed by atoms with E-state index in [2.05, 4.69) is 20.2 Å². The number of amides is 1. The molecule has 0 saturated carbocycles. The molecular weight excluding hydrogens is 266 g/mol. The van der Waals surface area contributed by atoms with E-state index in [1.54, 1.807) is 4.90 Å². The highest BCUT2D eigenvalue weighted by atomic mass is 16.2. The second kappa shape index (κ2) is 5.27. The lowest BCUT2D eigenvalue weighted by Gasteiger charge is -2.15. The van der Waals surface area contributed by atoms with E-state index in [-0.39, 0.29) is 11.6 Å². The van der Waals surface area contributed by atoms with Crippen LogP contribution in [0.15, 0.2) is 34.5 Å². The Morgan fingerprint density at radius 2 is 2.10 bits per heavy atom. The van der Waals surface area contributed by atoms with Gasteiger partial charge < -0.3 is 9.88 Å². The Bertz CT molecular complexity index is 651. The van der Waals surface area contributed by atoms with E-state index in [4.69, 9.17) is 0 Å². The molecule has 0 aliphatic carbocycles. The zero-order chi connectivity index (χ0) is 14.9. The molecule has 1 aliphatic heterocycles. The molecule has 0 fully saturated rings. The van der Waals surface area contributed by atoms with Crippen LogP contribution in [0.2, 0.25) is 0 Å². The van der Waals surface area contributed by atoms with Gasteiger partial charge in [-0.15, -0.1) is 0 Å². The van der Waals surface area contributed by atoms with Crippen molar-refractivity contribution in [3.63, 3.8) is 0 Å². The number of hydrogen-bond acceptors (Lipinski definition) is 4. The molecule has 0 radical (unpaired) electrons. The van der Waals surface area contributed by atoms with Crippen LogP contribution in [0.1, 0.15) is 32.0 Å². The summed E-state index contributed by atoms with van der Waals surface area (Å²) in [5, 5.41) is 7.91. The quantitative estimate of drug-likeness (QED) is 0.886. The van der Waals surface area contributed by atoms with Crippen molar-refractivity contribution in [1.29, 1.82) is 0 Å². The molecule has 6 nitrogen and oxygen atoms in total. The van der Waals surface area contributed by atoms with Gasteiger partial charge in [-0.05, 0) is 31.9 Å². The fourth-order valence-electron chi connectivity index (χ4n) is 2.34. The van der Waals surface area contributed by atoms with Crippen molar-refractivity contribution in [1.82, 2.24) is 14.9 Å². The van der Waals surface area contributed by atoms with Crippen LogP contribution in [0.5, 0.6) is 0 Å². The maximum absolute atomic E-state index is 12.1. The molecule has 1 amide bonds. The average molecular weight is 285 g/mol. The smallest absolute Gasteiger partial charge is 0.222 e. The monoisotopic (exact) mass is 285 g/mol. The molecule has 3 rings (SSSR count). The molecule has 110 valence electrons. The van der Waals surface area contributed by atoms with Crippen molar-refractivity contribution in [2.45, 2.75) is 38.4 Å². The van der Waals surface area contributed by atoms with Gasteiger partial charge in [-0.2, -0.15) is 10.2 Å². The number of para-hydroxylation sites is 2. The molecule has 1 N–H and O–H groups in total. The van der Waals surface area contributed by atoms with E-state index in [0.29, 0.717) is 13.0 Å². The molecule has 21 heavy (non-hydrogen) atoms. The highest BCUT2D eigenvalue weighted by molar-refractivity contribution is 5.76. The largest absolute Gasteiger partial charge is 0.340 e. The number of carbonyl (C=O) groups is 1. The maximum atomic E-state index is 12.1. The number of imidazole rings is 1. The molecule has 2 aromatic rings. The summed E-state index contributed by atoms with van der Waals surface area (Å²) in [5.74, 6) is 0.936. The maximum Gasteiger partial charge on any atom is 0.222 e. The van der Waals surface area contributed by atoms with Crippen molar-refractivity contribution in [2.75, 3.05) is 7.05 Å². The number of rotatable bonds is 6. The van der Waals surface area contributed by atoms with Gasteiger partial charge in [0.05, 0.1) is 17.6 Å². The van der Waals surface area contributed by atoms with Crippen LogP contribution >= 0.6 is 0 Å². The van der Waals surface area contributed by atoms with Crippen molar-refractivity contribution in [3.05, 3.63) is 30.1 Å². The summed E-state index contributed by atoms with van der Waals surface area (Å²) < 4.78 is 0. The highest BCUT2D eigenvalue weighted by Gasteiger charge is 2.33. The molecular formula is C15H19N5O. The van der Waals surface area contributed by atoms with Crippen molar-refractivity contribution in [2.24, 2.45) is 10.2 Å². The van der Waals surface area contributed by atoms with E-state index in [1.165, 1.54) is 0 Å². The Balaban J connectivity index is 1.52. The SMILES string of the molecule is CN(Cc1nc2ccccc2[nH]1)C(=O)CCCC1(C)N=N1. The van der Waals surface area contributed by atoms with E-state index < -0.39 is 0 Å². The summed E-state index contributed by atoms with van der Waals surface area (Å²) in [6.45, 7) is 2.48. The van der Waals surface area contributed by atoms with Gasteiger partial charge in [0.1, 0.15) is 5.82 Å². The Labute approximate surface area is 123 Å². The molecule has 1 aliphatic rings. The summed E-state index contributed by atoms with van der Waals surface area (Å²) in [7, 11) is 1.81. The lowest BCUT2D eigenvalue weighted by molar-refractivity contribution is -0.130. The van der Waals surface area contributed by atoms with Crippen LogP contribution in [-0.4, -0.2) is 33.5 Å². The lowest BCUT2D eigenvalue weighted by atomic mass is 10.1. The third-order valence-electron chi connectivity index (χ3n) is 3.73. The molecule has 0 unspecified atom stereocenters. The molecule has 0 saturated heterocycles. The van der Waals surface area contributed by atoms with Crippen molar-refractivity contribution < 1.29 is 4.79 Å². The fourth-order valence-corrected chi connectivity index (χ4v) is 2.34. The van der Waals surface area contributed by atoms with Gasteiger partial charge in [0.2, 0.25) is 5.91 Å². The fraction of sp³-hybridized carbons (Fsp3) is 0.467. The predicted molar refractivity (Wildman–Crippen MR) is 79.7 cm³/mol. The Kier molecular flexibility index (Phi) is 3.45. The first-order valence-electron chi connectivity index (χ1n) is 7.17. The van der Waals surface area contributed by atoms with Gasteiger partial charge in [0, 0.05) is 13.5 Å². The molecule has 6 heteroatoms. The number of nitrogens with zero attached hydrogens (tertiary/aromatic N) is 4. The van der Waals surface area contributed by atoms with Crippen LogP contribution in [0.4, 0.5) is 0 Å². The molecule has 0 spiro atoms. The minimum absolute atomic E-state index is 0.125. The zero-order valence-corrected chi connectivity index (χ0v) is 12.3. The first-order chi connectivity index (χ1) is 10.1. The number of H-pyrrole nitrogens is 1. The number of fused-ring (bicyclic) bond motifs is 1. The molecule has 1 aromatic heterocycles. The van der Waals surface area contributed by atoms with Crippen LogP contribution in [0.3, 0.4) is 0 Å². The highest BCUT2D eigenvalue weighted by Crippen LogP contribution is 2.32. The van der Waals surface area contributed by atoms with E-state index in [0.717, 1.165) is 29.7 Å². The molecule has 0 atom stereocenters. The van der Waals surface area contributed by atoms with Crippen LogP contribution in [-0.2, 0) is 11.3 Å². The van der Waals surface area contributed by atoms with Gasteiger partial charge >= 0.3 is 0 Å². The predicted octanol–water partition coefficient (Wildman–Crippen LogP) is 2.87. The number of hydrogen-bond donors (Lipinski definition) is 1. The number of aromatic amines is 1. The molecule has 1 aromatic carbocycles. The summed E-state index contributed by atoms with van der Waals surface area (Å²) in [5.41, 5.74) is 1.72. The first kappa shape index (κ1) is 13.7. The third kappa shape index (κ3) is 3.26. The van der Waals surface area contributed by atoms with Crippen molar-refractivity contribution in [3.8, 4) is 0 Å². The second-order valence-electron chi connectivity index (χ2n) is 5.72. The number of benzene rings is 1. The summed E-state index contributed by atoms with van der Waals surface area (Å²) >= 11 is 0. The van der Waals surface area contributed by atoms with Crippen molar-refractivity contribution >= 4 is 16.9 Å². The van der Waals surface area contributed by atoms with E-state index in [9.17, 15) is 4.79 Å². The Morgan fingerprint density at radius 3 is 2.81 bits per heavy atom. The zero-order valence-electron chi connectivity index (χ0n) is 12.3. The normalized spacial score (nSPS) is 15.3. The summed E-state index contributed by atoms with van der Waals surface area (Å²) in [6, 6.07) is 7.86. The summed E-state index contributed by atoms with van der Waals surface area (Å²) in [4.78, 5) is 21.5. The Hall–Kier alpha value is -2.24. The van der Waals surface area contributed by atoms with Crippen LogP contribution < -0.4 is 0 Å². The Morgan fingerprint density at radius 1 is 1.33 bits per heavy atom. The average Bonchev–Trinajstić information content (AvgIpc) is 3.04. The van der Waals surface area contributed by atoms with Gasteiger partial charge in [-0.1, -0.05) is 12.1 Å². The minimum Gasteiger partial charge on any atom is -0.340 e. The number of aromatic nitrogens is 2. The lowest BCUT2D eigenvalue weighted by Crippen LogP contribution is -2.26. The van der Waals surface area contributed by atoms with E-state index in [1.807, 2.05) is 38.2 Å². The van der Waals surface area contributed by atoms with E-state index >= 15 is 0 Å². The third-order valence-corrected chi connectivity index (χ3v) is 3.73. The van der Waals surface area contributed by atoms with Gasteiger partial charge in [-0.25, -0.2) is 4.98 Å². The topological polar surface area (TPSA) is 73.7 Å². The second-order valence-corrected chi connectivity index (χ2v) is 5.72. The molecule has 0 bridgehead atoms. The standard InChI is InChI=1S/C15H19N5O/c1-15(18-19-15)9-5-8-14(21)20(2)10-13-16-11-6-3-4-7-12(11)17-13/h3-4,6-7H,5,8-10H2,1-2H3,(H,16,17). The van der Waals surface area contributed by atoms with Gasteiger partial charge in [-0.3, -0.25) is 4.79 Å².